The Morgan fingerprint density at radius 2 is 1.78 bits per heavy atom. The molecule has 144 valence electrons. The molecule has 1 atom stereocenters. The first kappa shape index (κ1) is 20.5. The summed E-state index contributed by atoms with van der Waals surface area (Å²) in [5.41, 5.74) is 2.02. The molecule has 1 unspecified atom stereocenters. The van der Waals surface area contributed by atoms with Crippen LogP contribution in [0.4, 0.5) is 10.5 Å². The molecule has 0 aliphatic carbocycles. The van der Waals surface area contributed by atoms with Gasteiger partial charge in [0.25, 0.3) is 0 Å². The van der Waals surface area contributed by atoms with Gasteiger partial charge in [0.2, 0.25) is 0 Å². The Bertz CT molecular complexity index is 717. The lowest BCUT2D eigenvalue weighted by atomic mass is 10.1. The molecule has 6 nitrogen and oxygen atoms in total. The standard InChI is InChI=1S/C21H26N2O4/c1-2-3-13-27-20(25)17-9-11-18(12-10-17)22-21(26)23-19(15-24)14-16-7-5-4-6-8-16/h4-12,19,24H,2-3,13-15H2,1H3,(H2,22,23,26). The van der Waals surface area contributed by atoms with E-state index in [0.717, 1.165) is 18.4 Å². The van der Waals surface area contributed by atoms with E-state index in [1.165, 1.54) is 0 Å². The van der Waals surface area contributed by atoms with Crippen molar-refractivity contribution in [2.45, 2.75) is 32.2 Å². The number of hydrogen-bond donors (Lipinski definition) is 3. The van der Waals surface area contributed by atoms with E-state index in [-0.39, 0.29) is 18.6 Å². The van der Waals surface area contributed by atoms with Gasteiger partial charge in [0.1, 0.15) is 0 Å². The van der Waals surface area contributed by atoms with Gasteiger partial charge < -0.3 is 20.5 Å². The van der Waals surface area contributed by atoms with Crippen molar-refractivity contribution in [1.82, 2.24) is 5.32 Å². The molecular formula is C21H26N2O4. The van der Waals surface area contributed by atoms with Crippen molar-refractivity contribution in [3.63, 3.8) is 0 Å². The van der Waals surface area contributed by atoms with Gasteiger partial charge in [-0.05, 0) is 42.7 Å². The molecule has 0 fully saturated rings. The fourth-order valence-corrected chi connectivity index (χ4v) is 2.49. The summed E-state index contributed by atoms with van der Waals surface area (Å²) < 4.78 is 5.15. The number of aliphatic hydroxyl groups is 1. The molecule has 0 saturated heterocycles. The van der Waals surface area contributed by atoms with Crippen molar-refractivity contribution in [3.05, 3.63) is 65.7 Å². The Kier molecular flexibility index (Phi) is 8.32. The molecule has 27 heavy (non-hydrogen) atoms. The van der Waals surface area contributed by atoms with Crippen molar-refractivity contribution in [2.75, 3.05) is 18.5 Å². The van der Waals surface area contributed by atoms with Gasteiger partial charge in [0.15, 0.2) is 0 Å². The van der Waals surface area contributed by atoms with E-state index >= 15 is 0 Å². The third-order valence-electron chi connectivity index (χ3n) is 3.99. The van der Waals surface area contributed by atoms with E-state index in [1.807, 2.05) is 37.3 Å². The SMILES string of the molecule is CCCCOC(=O)c1ccc(NC(=O)NC(CO)Cc2ccccc2)cc1. The highest BCUT2D eigenvalue weighted by atomic mass is 16.5. The molecule has 0 radical (unpaired) electrons. The first-order valence-electron chi connectivity index (χ1n) is 9.12. The van der Waals surface area contributed by atoms with Crippen molar-refractivity contribution in [1.29, 1.82) is 0 Å². The van der Waals surface area contributed by atoms with Crippen LogP contribution in [0, 0.1) is 0 Å². The summed E-state index contributed by atoms with van der Waals surface area (Å²) in [6, 6.07) is 15.3. The molecule has 3 N–H and O–H groups in total. The summed E-state index contributed by atoms with van der Waals surface area (Å²) in [4.78, 5) is 24.0. The molecule has 0 aliphatic rings. The average molecular weight is 370 g/mol. The van der Waals surface area contributed by atoms with Gasteiger partial charge in [-0.1, -0.05) is 43.7 Å². The topological polar surface area (TPSA) is 87.7 Å². The van der Waals surface area contributed by atoms with Crippen LogP contribution in [0.25, 0.3) is 0 Å². The zero-order valence-electron chi connectivity index (χ0n) is 15.5. The van der Waals surface area contributed by atoms with Crippen LogP contribution in [-0.2, 0) is 11.2 Å². The van der Waals surface area contributed by atoms with Crippen LogP contribution in [0.3, 0.4) is 0 Å². The summed E-state index contributed by atoms with van der Waals surface area (Å²) in [6.45, 7) is 2.27. The first-order valence-corrected chi connectivity index (χ1v) is 9.12. The number of aliphatic hydroxyl groups excluding tert-OH is 1. The van der Waals surface area contributed by atoms with E-state index in [2.05, 4.69) is 10.6 Å². The number of hydrogen-bond acceptors (Lipinski definition) is 4. The predicted octanol–water partition coefficient (Wildman–Crippen LogP) is 3.37. The second-order valence-corrected chi connectivity index (χ2v) is 6.23. The molecular weight excluding hydrogens is 344 g/mol. The fourth-order valence-electron chi connectivity index (χ4n) is 2.49. The lowest BCUT2D eigenvalue weighted by molar-refractivity contribution is 0.0500. The number of nitrogens with one attached hydrogen (secondary N) is 2. The average Bonchev–Trinajstić information content (AvgIpc) is 2.69. The largest absolute Gasteiger partial charge is 0.462 e. The van der Waals surface area contributed by atoms with Gasteiger partial charge in [0, 0.05) is 5.69 Å². The minimum absolute atomic E-state index is 0.162. The van der Waals surface area contributed by atoms with Crippen LogP contribution < -0.4 is 10.6 Å². The summed E-state index contributed by atoms with van der Waals surface area (Å²) in [6.07, 6.45) is 2.33. The number of unbranched alkanes of at least 4 members (excludes halogenated alkanes) is 1. The molecule has 6 heteroatoms. The zero-order chi connectivity index (χ0) is 19.5. The molecule has 2 amide bonds. The van der Waals surface area contributed by atoms with Gasteiger partial charge in [0.05, 0.1) is 24.8 Å². The Balaban J connectivity index is 1.84. The molecule has 2 aromatic rings. The van der Waals surface area contributed by atoms with E-state index in [0.29, 0.717) is 24.3 Å². The third-order valence-corrected chi connectivity index (χ3v) is 3.99. The smallest absolute Gasteiger partial charge is 0.338 e. The van der Waals surface area contributed by atoms with Gasteiger partial charge in [-0.15, -0.1) is 0 Å². The molecule has 0 saturated carbocycles. The Morgan fingerprint density at radius 3 is 2.41 bits per heavy atom. The number of carbonyl (C=O) groups is 2. The molecule has 0 aromatic heterocycles. The minimum atomic E-state index is -0.414. The number of amides is 2. The minimum Gasteiger partial charge on any atom is -0.462 e. The number of anilines is 1. The highest BCUT2D eigenvalue weighted by Crippen LogP contribution is 2.11. The number of ether oxygens (including phenoxy) is 1. The normalized spacial score (nSPS) is 11.5. The Morgan fingerprint density at radius 1 is 1.07 bits per heavy atom. The van der Waals surface area contributed by atoms with E-state index < -0.39 is 6.03 Å². The number of carbonyl (C=O) groups excluding carboxylic acids is 2. The lowest BCUT2D eigenvalue weighted by Gasteiger charge is -2.17. The number of rotatable bonds is 9. The quantitative estimate of drug-likeness (QED) is 0.466. The van der Waals surface area contributed by atoms with Crippen molar-refractivity contribution >= 4 is 17.7 Å². The summed E-state index contributed by atoms with van der Waals surface area (Å²) in [5, 5.41) is 14.9. The van der Waals surface area contributed by atoms with Crippen LogP contribution in [0.1, 0.15) is 35.7 Å². The van der Waals surface area contributed by atoms with Crippen LogP contribution >= 0.6 is 0 Å². The van der Waals surface area contributed by atoms with Gasteiger partial charge in [-0.2, -0.15) is 0 Å². The second kappa shape index (κ2) is 11.0. The molecule has 0 bridgehead atoms. The summed E-state index contributed by atoms with van der Waals surface area (Å²) in [5.74, 6) is -0.373. The first-order chi connectivity index (χ1) is 13.1. The maximum absolute atomic E-state index is 12.1. The number of benzene rings is 2. The molecule has 0 aliphatic heterocycles. The maximum Gasteiger partial charge on any atom is 0.338 e. The maximum atomic E-state index is 12.1. The van der Waals surface area contributed by atoms with Crippen LogP contribution in [0.15, 0.2) is 54.6 Å². The van der Waals surface area contributed by atoms with Crippen molar-refractivity contribution in [3.8, 4) is 0 Å². The highest BCUT2D eigenvalue weighted by molar-refractivity contribution is 5.92. The monoisotopic (exact) mass is 370 g/mol. The fraction of sp³-hybridized carbons (Fsp3) is 0.333. The van der Waals surface area contributed by atoms with Gasteiger partial charge in [-0.25, -0.2) is 9.59 Å². The second-order valence-electron chi connectivity index (χ2n) is 6.23. The third kappa shape index (κ3) is 7.11. The molecule has 2 aromatic carbocycles. The van der Waals surface area contributed by atoms with E-state index in [4.69, 9.17) is 4.74 Å². The molecule has 0 heterocycles. The Labute approximate surface area is 159 Å². The van der Waals surface area contributed by atoms with Gasteiger partial charge >= 0.3 is 12.0 Å². The van der Waals surface area contributed by atoms with Crippen LogP contribution in [0.5, 0.6) is 0 Å². The number of urea groups is 1. The van der Waals surface area contributed by atoms with Gasteiger partial charge in [-0.3, -0.25) is 0 Å². The van der Waals surface area contributed by atoms with Crippen LogP contribution in [-0.4, -0.2) is 36.4 Å². The van der Waals surface area contributed by atoms with Crippen molar-refractivity contribution < 1.29 is 19.4 Å². The van der Waals surface area contributed by atoms with E-state index in [1.54, 1.807) is 24.3 Å². The molecule has 2 rings (SSSR count). The van der Waals surface area contributed by atoms with Crippen LogP contribution in [0.2, 0.25) is 0 Å². The Hall–Kier alpha value is -2.86. The van der Waals surface area contributed by atoms with E-state index in [9.17, 15) is 14.7 Å². The summed E-state index contributed by atoms with van der Waals surface area (Å²) in [7, 11) is 0. The van der Waals surface area contributed by atoms with Crippen molar-refractivity contribution in [2.24, 2.45) is 0 Å². The highest BCUT2D eigenvalue weighted by Gasteiger charge is 2.13. The lowest BCUT2D eigenvalue weighted by Crippen LogP contribution is -2.41. The molecule has 0 spiro atoms. The summed E-state index contributed by atoms with van der Waals surface area (Å²) >= 11 is 0. The predicted molar refractivity (Wildman–Crippen MR) is 105 cm³/mol. The number of esters is 1. The zero-order valence-corrected chi connectivity index (χ0v) is 15.5.